The van der Waals surface area contributed by atoms with Crippen LogP contribution in [0.15, 0.2) is 29.3 Å². The molecular formula is C18H29N3O2S. The van der Waals surface area contributed by atoms with E-state index in [0.717, 1.165) is 29.8 Å². The number of nitrogens with one attached hydrogen (secondary N) is 2. The van der Waals surface area contributed by atoms with Gasteiger partial charge in [0.05, 0.1) is 13.7 Å². The van der Waals surface area contributed by atoms with Crippen LogP contribution in [0.2, 0.25) is 0 Å². The standard InChI is InChI=1S/C18H29N3O2S/c1-4-19-18(21-15-6-5-11-24-13-15)20-12-14(2)23-17-9-7-16(22-3)8-10-17/h7-10,14-15H,4-6,11-13H2,1-3H3,(H2,19,20,21). The number of thioether (sulfide) groups is 1. The Balaban J connectivity index is 1.84. The van der Waals surface area contributed by atoms with Gasteiger partial charge in [-0.05, 0) is 56.7 Å². The molecular weight excluding hydrogens is 322 g/mol. The lowest BCUT2D eigenvalue weighted by Crippen LogP contribution is -2.45. The molecule has 1 saturated heterocycles. The highest BCUT2D eigenvalue weighted by atomic mass is 32.2. The molecule has 0 aromatic heterocycles. The van der Waals surface area contributed by atoms with E-state index >= 15 is 0 Å². The SMILES string of the molecule is CCNC(=NCC(C)Oc1ccc(OC)cc1)NC1CCCSC1. The van der Waals surface area contributed by atoms with Crippen LogP contribution in [0.25, 0.3) is 0 Å². The van der Waals surface area contributed by atoms with Crippen molar-refractivity contribution in [2.24, 2.45) is 4.99 Å². The molecule has 0 saturated carbocycles. The first-order valence-corrected chi connectivity index (χ1v) is 9.80. The van der Waals surface area contributed by atoms with Crippen molar-refractivity contribution in [2.75, 3.05) is 31.7 Å². The van der Waals surface area contributed by atoms with E-state index in [-0.39, 0.29) is 6.10 Å². The lowest BCUT2D eigenvalue weighted by molar-refractivity contribution is 0.230. The minimum Gasteiger partial charge on any atom is -0.497 e. The Morgan fingerprint density at radius 1 is 1.33 bits per heavy atom. The smallest absolute Gasteiger partial charge is 0.191 e. The molecule has 1 aliphatic rings. The molecule has 0 spiro atoms. The van der Waals surface area contributed by atoms with Gasteiger partial charge >= 0.3 is 0 Å². The summed E-state index contributed by atoms with van der Waals surface area (Å²) in [7, 11) is 1.66. The van der Waals surface area contributed by atoms with E-state index in [2.05, 4.69) is 22.5 Å². The van der Waals surface area contributed by atoms with Crippen LogP contribution in [0.3, 0.4) is 0 Å². The number of benzene rings is 1. The van der Waals surface area contributed by atoms with E-state index in [0.29, 0.717) is 12.6 Å². The predicted molar refractivity (Wildman–Crippen MR) is 103 cm³/mol. The molecule has 0 amide bonds. The number of hydrogen-bond acceptors (Lipinski definition) is 4. The van der Waals surface area contributed by atoms with Crippen molar-refractivity contribution >= 4 is 17.7 Å². The molecule has 24 heavy (non-hydrogen) atoms. The van der Waals surface area contributed by atoms with Gasteiger partial charge in [-0.3, -0.25) is 0 Å². The van der Waals surface area contributed by atoms with Crippen molar-refractivity contribution in [3.05, 3.63) is 24.3 Å². The van der Waals surface area contributed by atoms with Crippen LogP contribution >= 0.6 is 11.8 Å². The van der Waals surface area contributed by atoms with E-state index in [1.54, 1.807) is 7.11 Å². The Morgan fingerprint density at radius 3 is 2.71 bits per heavy atom. The fourth-order valence-corrected chi connectivity index (χ4v) is 3.58. The Morgan fingerprint density at radius 2 is 2.08 bits per heavy atom. The Hall–Kier alpha value is -1.56. The van der Waals surface area contributed by atoms with Crippen LogP contribution in [0.5, 0.6) is 11.5 Å². The molecule has 5 nitrogen and oxygen atoms in total. The molecule has 2 unspecified atom stereocenters. The summed E-state index contributed by atoms with van der Waals surface area (Å²) < 4.78 is 11.1. The van der Waals surface area contributed by atoms with Crippen LogP contribution in [-0.4, -0.2) is 49.8 Å². The minimum atomic E-state index is 0.00887. The first-order chi connectivity index (χ1) is 11.7. The predicted octanol–water partition coefficient (Wildman–Crippen LogP) is 2.91. The second kappa shape index (κ2) is 10.3. The van der Waals surface area contributed by atoms with Gasteiger partial charge in [0.2, 0.25) is 0 Å². The highest BCUT2D eigenvalue weighted by molar-refractivity contribution is 7.99. The fraction of sp³-hybridized carbons (Fsp3) is 0.611. The molecule has 2 atom stereocenters. The second-order valence-corrected chi connectivity index (χ2v) is 7.03. The summed E-state index contributed by atoms with van der Waals surface area (Å²) >= 11 is 2.01. The van der Waals surface area contributed by atoms with Crippen molar-refractivity contribution in [3.63, 3.8) is 0 Å². The van der Waals surface area contributed by atoms with E-state index in [1.807, 2.05) is 43.0 Å². The summed E-state index contributed by atoms with van der Waals surface area (Å²) in [4.78, 5) is 4.67. The molecule has 0 bridgehead atoms. The molecule has 2 rings (SSSR count). The van der Waals surface area contributed by atoms with E-state index in [1.165, 1.54) is 18.6 Å². The van der Waals surface area contributed by atoms with Crippen LogP contribution in [0, 0.1) is 0 Å². The molecule has 134 valence electrons. The monoisotopic (exact) mass is 351 g/mol. The molecule has 2 N–H and O–H groups in total. The van der Waals surface area contributed by atoms with Gasteiger partial charge in [-0.1, -0.05) is 0 Å². The maximum absolute atomic E-state index is 5.91. The van der Waals surface area contributed by atoms with Gasteiger partial charge in [-0.15, -0.1) is 0 Å². The highest BCUT2D eigenvalue weighted by Crippen LogP contribution is 2.18. The summed E-state index contributed by atoms with van der Waals surface area (Å²) in [5.41, 5.74) is 0. The second-order valence-electron chi connectivity index (χ2n) is 5.88. The normalized spacial score (nSPS) is 19.5. The molecule has 1 aliphatic heterocycles. The number of hydrogen-bond donors (Lipinski definition) is 2. The van der Waals surface area contributed by atoms with E-state index in [9.17, 15) is 0 Å². The van der Waals surface area contributed by atoms with E-state index in [4.69, 9.17) is 9.47 Å². The summed E-state index contributed by atoms with van der Waals surface area (Å²) in [5, 5.41) is 6.86. The summed E-state index contributed by atoms with van der Waals surface area (Å²) in [6, 6.07) is 8.15. The summed E-state index contributed by atoms with van der Waals surface area (Å²) in [5.74, 6) is 4.98. The van der Waals surface area contributed by atoms with Crippen molar-refractivity contribution in [1.29, 1.82) is 0 Å². The number of methoxy groups -OCH3 is 1. The summed E-state index contributed by atoms with van der Waals surface area (Å²) in [6.45, 7) is 5.60. The average molecular weight is 352 g/mol. The lowest BCUT2D eigenvalue weighted by Gasteiger charge is -2.25. The molecule has 0 aliphatic carbocycles. The number of ether oxygens (including phenoxy) is 2. The quantitative estimate of drug-likeness (QED) is 0.584. The van der Waals surface area contributed by atoms with Crippen LogP contribution in [0.1, 0.15) is 26.7 Å². The average Bonchev–Trinajstić information content (AvgIpc) is 2.61. The lowest BCUT2D eigenvalue weighted by atomic mass is 10.2. The van der Waals surface area contributed by atoms with Gasteiger partial charge in [0.15, 0.2) is 5.96 Å². The third-order valence-corrected chi connectivity index (χ3v) is 4.96. The van der Waals surface area contributed by atoms with Crippen LogP contribution in [0.4, 0.5) is 0 Å². The maximum Gasteiger partial charge on any atom is 0.191 e. The van der Waals surface area contributed by atoms with E-state index < -0.39 is 0 Å². The first kappa shape index (κ1) is 18.8. The third kappa shape index (κ3) is 6.51. The topological polar surface area (TPSA) is 54.9 Å². The van der Waals surface area contributed by atoms with Crippen molar-refractivity contribution < 1.29 is 9.47 Å². The third-order valence-electron chi connectivity index (χ3n) is 3.75. The zero-order valence-corrected chi connectivity index (χ0v) is 15.7. The summed E-state index contributed by atoms with van der Waals surface area (Å²) in [6.07, 6.45) is 2.50. The maximum atomic E-state index is 5.91. The Labute approximate surface area is 149 Å². The molecule has 1 aromatic rings. The molecule has 1 fully saturated rings. The van der Waals surface area contributed by atoms with Crippen molar-refractivity contribution in [1.82, 2.24) is 10.6 Å². The molecule has 1 heterocycles. The largest absolute Gasteiger partial charge is 0.497 e. The van der Waals surface area contributed by atoms with Crippen LogP contribution < -0.4 is 20.1 Å². The van der Waals surface area contributed by atoms with Crippen molar-refractivity contribution in [2.45, 2.75) is 38.8 Å². The number of guanidine groups is 1. The first-order valence-electron chi connectivity index (χ1n) is 8.64. The number of rotatable bonds is 7. The fourth-order valence-electron chi connectivity index (χ4n) is 2.51. The Bertz CT molecular complexity index is 501. The Kier molecular flexibility index (Phi) is 8.08. The van der Waals surface area contributed by atoms with Crippen molar-refractivity contribution in [3.8, 4) is 11.5 Å². The van der Waals surface area contributed by atoms with Crippen LogP contribution in [-0.2, 0) is 0 Å². The zero-order chi connectivity index (χ0) is 17.2. The zero-order valence-electron chi connectivity index (χ0n) is 14.9. The van der Waals surface area contributed by atoms with Gasteiger partial charge < -0.3 is 20.1 Å². The molecule has 1 aromatic carbocycles. The number of nitrogens with zero attached hydrogens (tertiary/aromatic N) is 1. The van der Waals surface area contributed by atoms with Gasteiger partial charge in [0.25, 0.3) is 0 Å². The molecule has 0 radical (unpaired) electrons. The van der Waals surface area contributed by atoms with Gasteiger partial charge in [0, 0.05) is 18.3 Å². The highest BCUT2D eigenvalue weighted by Gasteiger charge is 2.15. The van der Waals surface area contributed by atoms with Gasteiger partial charge in [-0.25, -0.2) is 4.99 Å². The molecule has 6 heteroatoms. The van der Waals surface area contributed by atoms with Gasteiger partial charge in [-0.2, -0.15) is 11.8 Å². The van der Waals surface area contributed by atoms with Gasteiger partial charge in [0.1, 0.15) is 17.6 Å². The number of aliphatic imine (C=N–C) groups is 1. The minimum absolute atomic E-state index is 0.00887.